The van der Waals surface area contributed by atoms with Gasteiger partial charge < -0.3 is 15.2 Å². The smallest absolute Gasteiger partial charge is 0.435 e. The van der Waals surface area contributed by atoms with Gasteiger partial charge in [0, 0.05) is 34.9 Å². The largest absolute Gasteiger partial charge is 0.479 e. The molecule has 2 aromatic carbocycles. The number of amides is 2. The van der Waals surface area contributed by atoms with Gasteiger partial charge in [-0.2, -0.15) is 49.6 Å². The SMILES string of the molecule is C[C@H](OC(=O)N(c1nn(CC(F)(F)F)c2c(-c3ccc(C#CC(C)(C)S(C)(=O)=O)nc3[C@H](Cc3cc(F)cc(F)c3)NC(=O)Cn3nc(C(F)(F)F)c4c3C(F)(F)[C@@H]3C[C@H]43)ccc(Cl)c12)S(C)(=O)=O)C(=O)O. The topological polar surface area (TPSA) is 213 Å². The molecule has 2 aliphatic carbocycles. The third kappa shape index (κ3) is 10.5. The van der Waals surface area contributed by atoms with Crippen LogP contribution in [0.3, 0.4) is 0 Å². The number of rotatable bonds is 13. The molecule has 3 aromatic heterocycles. The fraction of sp³-hybridized carbons (Fsp3) is 0.395. The Bertz CT molecular complexity index is 3370. The number of aliphatic carboxylic acids is 1. The lowest BCUT2D eigenvalue weighted by atomic mass is 9.93. The van der Waals surface area contributed by atoms with E-state index in [0.29, 0.717) is 12.3 Å². The summed E-state index contributed by atoms with van der Waals surface area (Å²) in [6, 6.07) is 4.39. The minimum atomic E-state index is -5.24. The number of nitrogens with zero attached hydrogens (tertiary/aromatic N) is 6. The number of carboxylic acid groups (broad SMARTS) is 1. The number of ether oxygens (including phenoxy) is 1. The van der Waals surface area contributed by atoms with Crippen molar-refractivity contribution in [3.63, 3.8) is 0 Å². The highest BCUT2D eigenvalue weighted by molar-refractivity contribution is 7.93. The summed E-state index contributed by atoms with van der Waals surface area (Å²) in [7, 11) is -8.94. The maximum atomic E-state index is 15.6. The summed E-state index contributed by atoms with van der Waals surface area (Å²) in [5.74, 6) is -8.19. The Morgan fingerprint density at radius 2 is 1.60 bits per heavy atom. The van der Waals surface area contributed by atoms with Crippen molar-refractivity contribution >= 4 is 66.2 Å². The molecule has 2 amide bonds. The number of sulfonamides is 1. The first kappa shape index (κ1) is 53.3. The zero-order valence-corrected chi connectivity index (χ0v) is 39.9. The molecule has 0 unspecified atom stereocenters. The standard InChI is InChI=1S/C43H36ClF10N7O9S2/c1-19(38(63)64)70-39(65)61(72(5,68)69)37-32-28(44)9-8-25(34(32)60(58-37)18-41(47,48)49)24-7-6-23(10-11-40(2,3)71(4,66)67)55-33(24)29(14-20-12-21(45)15-22(46)13-20)56-30(62)17-59-36-31(35(57-59)43(52,53)54)26-16-27(26)42(36,50)51/h6-9,12-13,15,19,26-27,29H,14,16-18H2,1-5H3,(H,56,62)(H,63,64)/t19-,26-,27+,29-/m0/s1. The van der Waals surface area contributed by atoms with Crippen LogP contribution < -0.4 is 9.62 Å². The van der Waals surface area contributed by atoms with Gasteiger partial charge in [0.25, 0.3) is 5.92 Å². The van der Waals surface area contributed by atoms with Gasteiger partial charge in [0.2, 0.25) is 15.9 Å². The number of sulfone groups is 1. The molecule has 0 spiro atoms. The number of hydrogen-bond acceptors (Lipinski definition) is 11. The number of carbonyl (C=O) groups excluding carboxylic acids is 2. The van der Waals surface area contributed by atoms with E-state index in [-0.39, 0.29) is 36.9 Å². The van der Waals surface area contributed by atoms with E-state index in [1.807, 2.05) is 0 Å². The van der Waals surface area contributed by atoms with Crippen LogP contribution in [0.1, 0.15) is 73.1 Å². The van der Waals surface area contributed by atoms with Gasteiger partial charge in [-0.05, 0) is 81.3 Å². The third-order valence-corrected chi connectivity index (χ3v) is 14.9. The summed E-state index contributed by atoms with van der Waals surface area (Å²) >= 11 is 6.55. The highest BCUT2D eigenvalue weighted by Crippen LogP contribution is 2.68. The number of nitrogens with one attached hydrogen (secondary N) is 1. The first-order chi connectivity index (χ1) is 33.0. The van der Waals surface area contributed by atoms with Crippen LogP contribution in [0.2, 0.25) is 5.02 Å². The predicted molar refractivity (Wildman–Crippen MR) is 234 cm³/mol. The summed E-state index contributed by atoms with van der Waals surface area (Å²) in [4.78, 5) is 43.6. The summed E-state index contributed by atoms with van der Waals surface area (Å²) in [5.41, 5.74) is -6.35. The van der Waals surface area contributed by atoms with E-state index >= 15 is 8.78 Å². The Balaban J connectivity index is 1.49. The Hall–Kier alpha value is -6.47. The van der Waals surface area contributed by atoms with Crippen LogP contribution in [0.25, 0.3) is 22.0 Å². The number of pyridine rings is 1. The number of alkyl halides is 8. The molecule has 16 nitrogen and oxygen atoms in total. The van der Waals surface area contributed by atoms with E-state index in [9.17, 15) is 71.4 Å². The molecule has 1 saturated carbocycles. The summed E-state index contributed by atoms with van der Waals surface area (Å²) < 4.78 is 201. The summed E-state index contributed by atoms with van der Waals surface area (Å²) in [6.45, 7) is -0.147. The van der Waals surface area contributed by atoms with Crippen LogP contribution >= 0.6 is 11.6 Å². The van der Waals surface area contributed by atoms with E-state index < -0.39 is 166 Å². The first-order valence-corrected chi connectivity index (χ1v) is 24.9. The van der Waals surface area contributed by atoms with Crippen LogP contribution in [0.5, 0.6) is 0 Å². The van der Waals surface area contributed by atoms with Gasteiger partial charge in [-0.3, -0.25) is 14.2 Å². The van der Waals surface area contributed by atoms with Crippen LogP contribution in [0.15, 0.2) is 42.5 Å². The average Bonchev–Trinajstić information content (AvgIpc) is 3.74. The number of carboxylic acids is 1. The quantitative estimate of drug-likeness (QED) is 0.0859. The highest BCUT2D eigenvalue weighted by Gasteiger charge is 2.68. The van der Waals surface area contributed by atoms with E-state index in [4.69, 9.17) is 16.3 Å². The fourth-order valence-corrected chi connectivity index (χ4v) is 9.26. The van der Waals surface area contributed by atoms with E-state index in [2.05, 4.69) is 32.3 Å². The van der Waals surface area contributed by atoms with Crippen molar-refractivity contribution in [1.82, 2.24) is 29.9 Å². The predicted octanol–water partition coefficient (Wildman–Crippen LogP) is 7.67. The molecule has 72 heavy (non-hydrogen) atoms. The lowest BCUT2D eigenvalue weighted by molar-refractivity contribution is -0.145. The zero-order chi connectivity index (χ0) is 53.6. The van der Waals surface area contributed by atoms with Crippen LogP contribution in [-0.2, 0) is 65.8 Å². The molecule has 0 aliphatic heterocycles. The molecule has 0 radical (unpaired) electrons. The van der Waals surface area contributed by atoms with Crippen molar-refractivity contribution in [3.8, 4) is 23.0 Å². The second-order valence-corrected chi connectivity index (χ2v) is 22.2. The molecule has 1 fully saturated rings. The van der Waals surface area contributed by atoms with Gasteiger partial charge >= 0.3 is 24.4 Å². The molecule has 29 heteroatoms. The van der Waals surface area contributed by atoms with Gasteiger partial charge in [-0.1, -0.05) is 23.6 Å². The van der Waals surface area contributed by atoms with Crippen LogP contribution in [0, 0.1) is 29.4 Å². The van der Waals surface area contributed by atoms with Crippen molar-refractivity contribution in [1.29, 1.82) is 0 Å². The van der Waals surface area contributed by atoms with Crippen LogP contribution in [-0.4, -0.2) is 94.0 Å². The number of aromatic nitrogens is 5. The van der Waals surface area contributed by atoms with Crippen LogP contribution in [0.4, 0.5) is 54.5 Å². The van der Waals surface area contributed by atoms with Gasteiger partial charge in [0.15, 0.2) is 27.5 Å². The maximum Gasteiger partial charge on any atom is 0.435 e. The van der Waals surface area contributed by atoms with Crippen molar-refractivity contribution in [2.75, 3.05) is 16.8 Å². The van der Waals surface area contributed by atoms with Crippen molar-refractivity contribution in [2.45, 2.75) is 87.8 Å². The minimum Gasteiger partial charge on any atom is -0.479 e. The van der Waals surface area contributed by atoms with Crippen molar-refractivity contribution < 1.29 is 85.0 Å². The Labute approximate surface area is 406 Å². The van der Waals surface area contributed by atoms with E-state index in [1.54, 1.807) is 0 Å². The van der Waals surface area contributed by atoms with Gasteiger partial charge in [0.1, 0.15) is 40.9 Å². The Kier molecular flexibility index (Phi) is 13.5. The Morgan fingerprint density at radius 1 is 0.972 bits per heavy atom. The van der Waals surface area contributed by atoms with E-state index in [1.165, 1.54) is 13.8 Å². The summed E-state index contributed by atoms with van der Waals surface area (Å²) in [6.07, 6.45) is -14.2. The Morgan fingerprint density at radius 3 is 2.17 bits per heavy atom. The molecule has 2 N–H and O–H groups in total. The second-order valence-electron chi connectivity index (χ2n) is 17.4. The number of hydrogen-bond donors (Lipinski definition) is 2. The summed E-state index contributed by atoms with van der Waals surface area (Å²) in [5, 5.41) is 17.6. The van der Waals surface area contributed by atoms with Crippen molar-refractivity contribution in [3.05, 3.63) is 93.0 Å². The number of carbonyl (C=O) groups is 3. The number of benzene rings is 2. The molecule has 3 heterocycles. The molecule has 4 atom stereocenters. The monoisotopic (exact) mass is 1080 g/mol. The lowest BCUT2D eigenvalue weighted by Crippen LogP contribution is -2.40. The number of halogens is 11. The fourth-order valence-electron chi connectivity index (χ4n) is 8.03. The molecule has 2 aliphatic rings. The molecule has 0 saturated heterocycles. The third-order valence-electron chi connectivity index (χ3n) is 11.6. The highest BCUT2D eigenvalue weighted by atomic mass is 35.5. The molecular weight excluding hydrogens is 1050 g/mol. The van der Waals surface area contributed by atoms with E-state index in [0.717, 1.165) is 49.6 Å². The van der Waals surface area contributed by atoms with Gasteiger partial charge in [-0.25, -0.2) is 40.2 Å². The number of anilines is 1. The molecular formula is C43H36ClF10N7O9S2. The van der Waals surface area contributed by atoms with Gasteiger partial charge in [0.05, 0.1) is 33.9 Å². The normalized spacial score (nSPS) is 17.3. The van der Waals surface area contributed by atoms with Gasteiger partial charge in [-0.15, -0.1) is 0 Å². The molecule has 386 valence electrons. The molecule has 0 bridgehead atoms. The maximum absolute atomic E-state index is 15.6. The average molecular weight is 1080 g/mol. The lowest BCUT2D eigenvalue weighted by Gasteiger charge is -2.23. The molecule has 7 rings (SSSR count). The first-order valence-electron chi connectivity index (χ1n) is 20.7. The van der Waals surface area contributed by atoms with Crippen molar-refractivity contribution in [2.24, 2.45) is 5.92 Å². The zero-order valence-electron chi connectivity index (χ0n) is 37.5. The molecule has 5 aromatic rings. The minimum absolute atomic E-state index is 0.154. The number of fused-ring (bicyclic) bond motifs is 4. The second kappa shape index (κ2) is 18.2.